The maximum absolute atomic E-state index is 12.7. The highest BCUT2D eigenvalue weighted by Crippen LogP contribution is 2.35. The highest BCUT2D eigenvalue weighted by molar-refractivity contribution is 7.87. The summed E-state index contributed by atoms with van der Waals surface area (Å²) in [6, 6.07) is 8.03. The Balaban J connectivity index is 2.34. The Morgan fingerprint density at radius 3 is 2.09 bits per heavy atom. The Kier molecular flexibility index (Phi) is 8.64. The van der Waals surface area contributed by atoms with Gasteiger partial charge in [-0.1, -0.05) is 6.07 Å². The molecule has 0 heterocycles. The fourth-order valence-electron chi connectivity index (χ4n) is 3.01. The number of carboxylic acids is 1. The van der Waals surface area contributed by atoms with Crippen LogP contribution in [0.3, 0.4) is 0 Å². The molecule has 0 aliphatic heterocycles. The number of hydrogen-bond acceptors (Lipinski definition) is 8. The maximum Gasteiger partial charge on any atom is 0.330 e. The first kappa shape index (κ1) is 25.2. The average molecular weight is 466 g/mol. The zero-order valence-electron chi connectivity index (χ0n) is 18.3. The summed E-state index contributed by atoms with van der Waals surface area (Å²) in [6.07, 6.45) is 1.62. The van der Waals surface area contributed by atoms with E-state index in [2.05, 4.69) is 0 Å². The molecular weight excluding hydrogens is 438 g/mol. The highest BCUT2D eigenvalue weighted by Gasteiger charge is 2.38. The van der Waals surface area contributed by atoms with Crippen LogP contribution in [-0.4, -0.2) is 55.4 Å². The molecule has 9 nitrogen and oxygen atoms in total. The van der Waals surface area contributed by atoms with Crippen LogP contribution >= 0.6 is 0 Å². The lowest BCUT2D eigenvalue weighted by molar-refractivity contribution is -0.145. The van der Waals surface area contributed by atoms with Gasteiger partial charge in [-0.15, -0.1) is 0 Å². The fourth-order valence-corrected chi connectivity index (χ4v) is 3.91. The van der Waals surface area contributed by atoms with Crippen LogP contribution in [0.1, 0.15) is 16.7 Å². The van der Waals surface area contributed by atoms with Gasteiger partial charge in [0.2, 0.25) is 0 Å². The molecule has 174 valence electrons. The van der Waals surface area contributed by atoms with E-state index in [-0.39, 0.29) is 17.1 Å². The number of carboxylic acid groups (broad SMARTS) is 1. The molecule has 0 fully saturated rings. The number of methoxy groups -OCH3 is 4. The first-order chi connectivity index (χ1) is 15.2. The van der Waals surface area contributed by atoms with Gasteiger partial charge in [-0.2, -0.15) is 0 Å². The SMILES string of the molecule is COc1cc(OC)c(/C=C/S(=O)Cc2ccc(OC)c([C@](N)(CO)C(=O)O)c2)c(OC)c1. The van der Waals surface area contributed by atoms with E-state index in [1.807, 2.05) is 0 Å². The zero-order valence-corrected chi connectivity index (χ0v) is 19.1. The summed E-state index contributed by atoms with van der Waals surface area (Å²) in [5, 5.41) is 20.5. The number of rotatable bonds is 11. The monoisotopic (exact) mass is 465 g/mol. The molecule has 0 bridgehead atoms. The first-order valence-corrected chi connectivity index (χ1v) is 10.8. The fraction of sp³-hybridized carbons (Fsp3) is 0.318. The van der Waals surface area contributed by atoms with Crippen LogP contribution in [-0.2, 0) is 26.9 Å². The second kappa shape index (κ2) is 11.0. The predicted molar refractivity (Wildman–Crippen MR) is 121 cm³/mol. The Morgan fingerprint density at radius 1 is 1.03 bits per heavy atom. The second-order valence-electron chi connectivity index (χ2n) is 6.74. The molecule has 0 saturated heterocycles. The van der Waals surface area contributed by atoms with Gasteiger partial charge in [-0.25, -0.2) is 4.79 Å². The Bertz CT molecular complexity index is 998. The molecule has 0 spiro atoms. The molecule has 1 unspecified atom stereocenters. The van der Waals surface area contributed by atoms with Gasteiger partial charge >= 0.3 is 5.97 Å². The van der Waals surface area contributed by atoms with Crippen molar-refractivity contribution < 1.29 is 38.2 Å². The minimum atomic E-state index is -2.05. The van der Waals surface area contributed by atoms with E-state index in [1.165, 1.54) is 46.0 Å². The lowest BCUT2D eigenvalue weighted by atomic mass is 9.90. The number of benzene rings is 2. The lowest BCUT2D eigenvalue weighted by Gasteiger charge is -2.25. The molecule has 0 aromatic heterocycles. The van der Waals surface area contributed by atoms with Crippen LogP contribution in [0.25, 0.3) is 6.08 Å². The summed E-state index contributed by atoms with van der Waals surface area (Å²) in [5.41, 5.74) is 5.09. The molecular formula is C22H27NO8S. The number of aliphatic hydroxyl groups is 1. The highest BCUT2D eigenvalue weighted by atomic mass is 32.2. The van der Waals surface area contributed by atoms with Crippen molar-refractivity contribution in [3.05, 3.63) is 52.4 Å². The van der Waals surface area contributed by atoms with E-state index >= 15 is 0 Å². The summed E-state index contributed by atoms with van der Waals surface area (Å²) < 4.78 is 33.9. The minimum Gasteiger partial charge on any atom is -0.496 e. The van der Waals surface area contributed by atoms with Crippen molar-refractivity contribution in [1.82, 2.24) is 0 Å². The van der Waals surface area contributed by atoms with E-state index in [1.54, 1.807) is 24.3 Å². The van der Waals surface area contributed by atoms with Gasteiger partial charge in [-0.3, -0.25) is 4.21 Å². The number of carbonyl (C=O) groups is 1. The third-order valence-electron chi connectivity index (χ3n) is 4.82. The predicted octanol–water partition coefficient (Wildman–Crippen LogP) is 1.87. The minimum absolute atomic E-state index is 0.0788. The van der Waals surface area contributed by atoms with Crippen molar-refractivity contribution in [3.8, 4) is 23.0 Å². The van der Waals surface area contributed by atoms with Gasteiger partial charge < -0.3 is 34.9 Å². The van der Waals surface area contributed by atoms with Gasteiger partial charge in [0.1, 0.15) is 23.0 Å². The summed E-state index contributed by atoms with van der Waals surface area (Å²) in [4.78, 5) is 11.6. The molecule has 2 rings (SSSR count). The molecule has 0 saturated carbocycles. The van der Waals surface area contributed by atoms with Crippen molar-refractivity contribution in [2.24, 2.45) is 5.73 Å². The number of nitrogens with two attached hydrogens (primary N) is 1. The topological polar surface area (TPSA) is 138 Å². The third-order valence-corrected chi connectivity index (χ3v) is 5.88. The molecule has 2 aromatic carbocycles. The van der Waals surface area contributed by atoms with Gasteiger partial charge in [0, 0.05) is 23.1 Å². The standard InChI is InChI=1S/C22H27NO8S/c1-28-15-10-19(30-3)16(20(11-15)31-4)7-8-32(27)12-14-5-6-18(29-2)17(9-14)22(23,13-24)21(25)26/h5-11,24H,12-13,23H2,1-4H3,(H,25,26)/b8-7+/t22-,32?/m1/s1. The molecule has 0 aliphatic rings. The lowest BCUT2D eigenvalue weighted by Crippen LogP contribution is -2.48. The summed E-state index contributed by atoms with van der Waals surface area (Å²) >= 11 is 0. The number of aliphatic hydroxyl groups excluding tert-OH is 1. The van der Waals surface area contributed by atoms with Gasteiger partial charge in [-0.05, 0) is 23.8 Å². The van der Waals surface area contributed by atoms with E-state index in [0.717, 1.165) is 0 Å². The number of aliphatic carboxylic acids is 1. The van der Waals surface area contributed by atoms with Crippen LogP contribution in [0.5, 0.6) is 23.0 Å². The van der Waals surface area contributed by atoms with E-state index in [9.17, 15) is 19.2 Å². The molecule has 4 N–H and O–H groups in total. The normalized spacial score (nSPS) is 13.9. The Morgan fingerprint density at radius 2 is 1.62 bits per heavy atom. The van der Waals surface area contributed by atoms with Crippen molar-refractivity contribution >= 4 is 22.8 Å². The first-order valence-electron chi connectivity index (χ1n) is 9.40. The summed E-state index contributed by atoms with van der Waals surface area (Å²) in [5.74, 6) is 0.402. The molecule has 0 radical (unpaired) electrons. The second-order valence-corrected chi connectivity index (χ2v) is 8.07. The summed E-state index contributed by atoms with van der Waals surface area (Å²) in [7, 11) is 4.43. The van der Waals surface area contributed by atoms with Crippen molar-refractivity contribution in [2.45, 2.75) is 11.3 Å². The molecule has 10 heteroatoms. The smallest absolute Gasteiger partial charge is 0.330 e. The van der Waals surface area contributed by atoms with Crippen molar-refractivity contribution in [2.75, 3.05) is 35.0 Å². The maximum atomic E-state index is 12.7. The number of ether oxygens (including phenoxy) is 4. The Labute approximate surface area is 188 Å². The van der Waals surface area contributed by atoms with Crippen LogP contribution in [0.2, 0.25) is 0 Å². The third kappa shape index (κ3) is 5.39. The van der Waals surface area contributed by atoms with Crippen LogP contribution in [0.15, 0.2) is 35.7 Å². The molecule has 0 aliphatic carbocycles. The van der Waals surface area contributed by atoms with Crippen LogP contribution in [0.4, 0.5) is 0 Å². The molecule has 32 heavy (non-hydrogen) atoms. The van der Waals surface area contributed by atoms with Gasteiger partial charge in [0.15, 0.2) is 5.54 Å². The van der Waals surface area contributed by atoms with Gasteiger partial charge in [0.05, 0.1) is 57.2 Å². The largest absolute Gasteiger partial charge is 0.496 e. The Hall–Kier alpha value is -3.08. The zero-order chi connectivity index (χ0) is 23.9. The number of hydrogen-bond donors (Lipinski definition) is 3. The average Bonchev–Trinajstić information content (AvgIpc) is 2.81. The molecule has 2 aromatic rings. The van der Waals surface area contributed by atoms with Crippen molar-refractivity contribution in [3.63, 3.8) is 0 Å². The summed E-state index contributed by atoms with van der Waals surface area (Å²) in [6.45, 7) is -0.831. The van der Waals surface area contributed by atoms with E-state index in [0.29, 0.717) is 28.4 Å². The van der Waals surface area contributed by atoms with Crippen LogP contribution in [0, 0.1) is 0 Å². The molecule has 2 atom stereocenters. The quantitative estimate of drug-likeness (QED) is 0.454. The van der Waals surface area contributed by atoms with E-state index in [4.69, 9.17) is 24.7 Å². The molecule has 0 amide bonds. The van der Waals surface area contributed by atoms with Gasteiger partial charge in [0.25, 0.3) is 0 Å². The van der Waals surface area contributed by atoms with E-state index < -0.39 is 28.9 Å². The van der Waals surface area contributed by atoms with Crippen LogP contribution < -0.4 is 24.7 Å². The van der Waals surface area contributed by atoms with Crippen molar-refractivity contribution in [1.29, 1.82) is 0 Å².